The number of piperidine rings is 1. The van der Waals surface area contributed by atoms with Crippen molar-refractivity contribution in [2.45, 2.75) is 50.1 Å². The first-order valence-corrected chi connectivity index (χ1v) is 22.6. The van der Waals surface area contributed by atoms with Gasteiger partial charge in [0.15, 0.2) is 0 Å². The Hall–Kier alpha value is -7.06. The molecule has 0 aromatic heterocycles. The summed E-state index contributed by atoms with van der Waals surface area (Å²) < 4.78 is 82.5. The molecule has 5 amide bonds. The average molecular weight is 959 g/mol. The quantitative estimate of drug-likeness (QED) is 0.0551. The first-order chi connectivity index (χ1) is 32.9. The van der Waals surface area contributed by atoms with Crippen molar-refractivity contribution in [2.75, 3.05) is 74.0 Å². The highest BCUT2D eigenvalue weighted by Crippen LogP contribution is 2.41. The number of hydrogen-bond donors (Lipinski definition) is 6. The number of benzene rings is 4. The zero-order valence-electron chi connectivity index (χ0n) is 37.4. The number of carbonyl (C=O) groups is 4. The summed E-state index contributed by atoms with van der Waals surface area (Å²) >= 11 is 0. The molecule has 9 N–H and O–H groups in total. The number of nitrogens with zero attached hydrogens (tertiary/aromatic N) is 4. The van der Waals surface area contributed by atoms with Crippen LogP contribution in [0, 0.1) is 5.92 Å². The number of rotatable bonds is 15. The van der Waals surface area contributed by atoms with Crippen molar-refractivity contribution < 1.29 is 45.5 Å². The smallest absolute Gasteiger partial charge is 0.399 e. The van der Waals surface area contributed by atoms with Gasteiger partial charge >= 0.3 is 18.4 Å². The number of halogens is 6. The Balaban J connectivity index is 0.983. The summed E-state index contributed by atoms with van der Waals surface area (Å²) in [6.07, 6.45) is -7.43. The molecule has 4 aliphatic heterocycles. The van der Waals surface area contributed by atoms with Crippen LogP contribution in [0.2, 0.25) is 0 Å². The van der Waals surface area contributed by atoms with Crippen molar-refractivity contribution in [3.8, 4) is 0 Å². The molecule has 2 atom stereocenters. The van der Waals surface area contributed by atoms with Crippen LogP contribution < -0.4 is 38.1 Å². The number of amides is 5. The zero-order valence-corrected chi connectivity index (χ0v) is 37.4. The van der Waals surface area contributed by atoms with Crippen LogP contribution in [0.15, 0.2) is 120 Å². The van der Waals surface area contributed by atoms with Gasteiger partial charge < -0.3 is 47.9 Å². The van der Waals surface area contributed by atoms with Crippen LogP contribution in [0.5, 0.6) is 0 Å². The molecule has 0 bridgehead atoms. The lowest BCUT2D eigenvalue weighted by atomic mass is 9.95. The van der Waals surface area contributed by atoms with Gasteiger partial charge in [0.05, 0.1) is 58.8 Å². The van der Waals surface area contributed by atoms with Crippen molar-refractivity contribution in [3.63, 3.8) is 0 Å². The Labute approximate surface area is 394 Å². The normalized spacial score (nSPS) is 18.5. The lowest BCUT2D eigenvalue weighted by molar-refractivity contribution is -0.138. The Morgan fingerprint density at radius 3 is 1.96 bits per heavy atom. The summed E-state index contributed by atoms with van der Waals surface area (Å²) in [5.74, 6) is -1.20. The van der Waals surface area contributed by atoms with E-state index < -0.39 is 53.4 Å². The van der Waals surface area contributed by atoms with Crippen LogP contribution in [0.1, 0.15) is 60.0 Å². The van der Waals surface area contributed by atoms with E-state index in [0.29, 0.717) is 67.0 Å². The second-order valence-electron chi connectivity index (χ2n) is 17.5. The van der Waals surface area contributed by atoms with E-state index in [0.717, 1.165) is 29.2 Å². The summed E-state index contributed by atoms with van der Waals surface area (Å²) in [6.45, 7) is 1.97. The predicted molar refractivity (Wildman–Crippen MR) is 248 cm³/mol. The molecule has 0 aliphatic carbocycles. The number of carbonyl (C=O) groups excluding carboxylic acids is 4. The van der Waals surface area contributed by atoms with E-state index in [1.807, 2.05) is 0 Å². The summed E-state index contributed by atoms with van der Waals surface area (Å²) in [6, 6.07) is 19.6. The molecule has 0 radical (unpaired) electrons. The molecular weight excluding hydrogens is 907 g/mol. The monoisotopic (exact) mass is 958 g/mol. The van der Waals surface area contributed by atoms with Gasteiger partial charge in [0.2, 0.25) is 5.91 Å². The second-order valence-corrected chi connectivity index (χ2v) is 17.5. The molecule has 69 heavy (non-hydrogen) atoms. The van der Waals surface area contributed by atoms with Crippen molar-refractivity contribution in [3.05, 3.63) is 142 Å². The van der Waals surface area contributed by atoms with Crippen molar-refractivity contribution in [2.24, 2.45) is 11.7 Å². The minimum Gasteiger partial charge on any atom is -0.399 e. The molecule has 364 valence electrons. The van der Waals surface area contributed by atoms with Gasteiger partial charge in [-0.25, -0.2) is 4.79 Å². The van der Waals surface area contributed by atoms with Gasteiger partial charge in [-0.2, -0.15) is 26.3 Å². The van der Waals surface area contributed by atoms with Crippen molar-refractivity contribution in [1.29, 1.82) is 0 Å². The standard InChI is InChI=1S/C49H52F6N10O4/c50-48(51,52)32-5-1-7-36(25-32)60-38-27-63(45(67)40(38)42(58)29-9-13-34(56)14-10-29)23-3-21-62(44(66)31-17-19-59-20-18-31)22-4-24-64-28-39-41(46(64)68)43(30-11-15-35(57)16-12-30)61-47(69)65(39)37-8-2-6-33(26-37)49(53,54)55/h1-2,5-16,25-26,31,42-43,59-60H,3-4,17-24,27-28,56-58H2,(H,61,69)/t42-,43-/m1/s1. The van der Waals surface area contributed by atoms with Gasteiger partial charge in [-0.1, -0.05) is 36.4 Å². The van der Waals surface area contributed by atoms with E-state index in [1.54, 1.807) is 53.4 Å². The van der Waals surface area contributed by atoms with Crippen LogP contribution in [0.4, 0.5) is 53.9 Å². The number of urea groups is 1. The van der Waals surface area contributed by atoms with E-state index in [1.165, 1.54) is 34.1 Å². The topological polar surface area (TPSA) is 195 Å². The zero-order chi connectivity index (χ0) is 49.2. The summed E-state index contributed by atoms with van der Waals surface area (Å²) in [7, 11) is 0. The molecule has 0 spiro atoms. The molecule has 4 aromatic rings. The molecule has 4 heterocycles. The molecule has 4 aliphatic rings. The maximum Gasteiger partial charge on any atom is 0.416 e. The van der Waals surface area contributed by atoms with Gasteiger partial charge in [0, 0.05) is 54.9 Å². The highest BCUT2D eigenvalue weighted by atomic mass is 19.4. The summed E-state index contributed by atoms with van der Waals surface area (Å²) in [5, 5.41) is 9.11. The van der Waals surface area contributed by atoms with E-state index in [9.17, 15) is 45.5 Å². The third-order valence-corrected chi connectivity index (χ3v) is 12.9. The molecule has 4 aromatic carbocycles. The number of anilines is 4. The first kappa shape index (κ1) is 48.4. The van der Waals surface area contributed by atoms with Crippen molar-refractivity contribution in [1.82, 2.24) is 25.3 Å². The minimum atomic E-state index is -4.69. The first-order valence-electron chi connectivity index (χ1n) is 22.6. The van der Waals surface area contributed by atoms with Gasteiger partial charge in [-0.3, -0.25) is 19.3 Å². The van der Waals surface area contributed by atoms with Gasteiger partial charge in [0.1, 0.15) is 0 Å². The lowest BCUT2D eigenvalue weighted by Crippen LogP contribution is -2.47. The molecule has 20 heteroatoms. The average Bonchev–Trinajstić information content (AvgIpc) is 3.81. The Morgan fingerprint density at radius 1 is 0.754 bits per heavy atom. The summed E-state index contributed by atoms with van der Waals surface area (Å²) in [5.41, 5.74) is 19.7. The fourth-order valence-electron chi connectivity index (χ4n) is 9.35. The second kappa shape index (κ2) is 19.9. The van der Waals surface area contributed by atoms with E-state index >= 15 is 0 Å². The summed E-state index contributed by atoms with van der Waals surface area (Å²) in [4.78, 5) is 62.4. The SMILES string of the molecule is Nc1ccc([C@@H](N)C2=C(Nc3cccc(C(F)(F)F)c3)CN(CCCN(CCCN3CC4=C(C3=O)[C@@H](c3ccc(N)cc3)NC(=O)N4c3cccc(C(F)(F)F)c3)C(=O)C3CCNCC3)C2=O)cc1. The van der Waals surface area contributed by atoms with E-state index in [-0.39, 0.29) is 79.3 Å². The van der Waals surface area contributed by atoms with E-state index in [4.69, 9.17) is 17.2 Å². The molecule has 14 nitrogen and oxygen atoms in total. The number of alkyl halides is 6. The fourth-order valence-corrected chi connectivity index (χ4v) is 9.35. The molecule has 0 saturated carbocycles. The molecule has 1 fully saturated rings. The van der Waals surface area contributed by atoms with E-state index in [2.05, 4.69) is 16.0 Å². The van der Waals surface area contributed by atoms with Gasteiger partial charge in [-0.15, -0.1) is 0 Å². The fraction of sp³-hybridized carbons (Fsp3) is 0.347. The number of nitrogens with one attached hydrogen (secondary N) is 3. The van der Waals surface area contributed by atoms with Gasteiger partial charge in [-0.05, 0) is 111 Å². The molecule has 1 saturated heterocycles. The largest absolute Gasteiger partial charge is 0.416 e. The van der Waals surface area contributed by atoms with Crippen LogP contribution >= 0.6 is 0 Å². The third kappa shape index (κ3) is 10.7. The van der Waals surface area contributed by atoms with Crippen LogP contribution in [0.3, 0.4) is 0 Å². The predicted octanol–water partition coefficient (Wildman–Crippen LogP) is 6.77. The third-order valence-electron chi connectivity index (χ3n) is 12.9. The maximum atomic E-state index is 14.4. The van der Waals surface area contributed by atoms with Gasteiger partial charge in [0.25, 0.3) is 11.8 Å². The Morgan fingerprint density at radius 2 is 1.33 bits per heavy atom. The lowest BCUT2D eigenvalue weighted by Gasteiger charge is -2.34. The van der Waals surface area contributed by atoms with Crippen LogP contribution in [-0.4, -0.2) is 90.8 Å². The van der Waals surface area contributed by atoms with Crippen LogP contribution in [-0.2, 0) is 26.7 Å². The van der Waals surface area contributed by atoms with Crippen molar-refractivity contribution >= 4 is 46.5 Å². The number of nitrogen functional groups attached to an aromatic ring is 2. The number of hydrogen-bond acceptors (Lipinski definition) is 9. The molecule has 0 unspecified atom stereocenters. The highest BCUT2D eigenvalue weighted by Gasteiger charge is 2.45. The number of nitrogens with two attached hydrogens (primary N) is 3. The Bertz CT molecular complexity index is 2650. The maximum absolute atomic E-state index is 14.4. The van der Waals surface area contributed by atoms with Crippen LogP contribution in [0.25, 0.3) is 0 Å². The highest BCUT2D eigenvalue weighted by molar-refractivity contribution is 6.07. The Kier molecular flexibility index (Phi) is 13.9. The minimum absolute atomic E-state index is 0.0102. The molecular formula is C49H52F6N10O4. The molecule has 8 rings (SSSR count).